The summed E-state index contributed by atoms with van der Waals surface area (Å²) in [5.74, 6) is 0.700. The maximum absolute atomic E-state index is 13.0. The molecule has 3 aromatic carbocycles. The summed E-state index contributed by atoms with van der Waals surface area (Å²) < 4.78 is 12.3. The lowest BCUT2D eigenvalue weighted by Crippen LogP contribution is -2.27. The van der Waals surface area contributed by atoms with Gasteiger partial charge in [-0.15, -0.1) is 0 Å². The number of rotatable bonds is 7. The van der Waals surface area contributed by atoms with Gasteiger partial charge in [0, 0.05) is 5.02 Å². The van der Waals surface area contributed by atoms with Crippen LogP contribution in [0.5, 0.6) is 11.5 Å². The normalized spacial score (nSPS) is 14.3. The van der Waals surface area contributed by atoms with E-state index in [1.54, 1.807) is 55.7 Å². The van der Waals surface area contributed by atoms with Crippen LogP contribution in [0.15, 0.2) is 65.6 Å². The third-order valence-electron chi connectivity index (χ3n) is 5.19. The van der Waals surface area contributed by atoms with Crippen molar-refractivity contribution < 1.29 is 19.1 Å². The van der Waals surface area contributed by atoms with Crippen molar-refractivity contribution in [2.75, 3.05) is 7.11 Å². The van der Waals surface area contributed by atoms with Crippen LogP contribution in [0.1, 0.15) is 22.3 Å². The molecular weight excluding hydrogens is 599 g/mol. The lowest BCUT2D eigenvalue weighted by Gasteiger charge is -2.14. The second kappa shape index (κ2) is 11.2. The highest BCUT2D eigenvalue weighted by molar-refractivity contribution is 14.1. The maximum atomic E-state index is 13.0. The summed E-state index contributed by atoms with van der Waals surface area (Å²) in [5.41, 5.74) is 2.72. The van der Waals surface area contributed by atoms with Crippen LogP contribution in [0.4, 0.5) is 4.79 Å². The van der Waals surface area contributed by atoms with E-state index < -0.39 is 5.91 Å². The summed E-state index contributed by atoms with van der Waals surface area (Å²) in [4.78, 5) is 27.0. The third-order valence-corrected chi connectivity index (χ3v) is 7.15. The summed E-state index contributed by atoms with van der Waals surface area (Å²) in [5, 5.41) is 9.58. The number of thioether (sulfide) groups is 1. The Labute approximate surface area is 225 Å². The van der Waals surface area contributed by atoms with Gasteiger partial charge in [0.2, 0.25) is 0 Å². The van der Waals surface area contributed by atoms with Gasteiger partial charge >= 0.3 is 0 Å². The van der Waals surface area contributed by atoms with E-state index in [0.717, 1.165) is 25.8 Å². The Morgan fingerprint density at radius 1 is 1.14 bits per heavy atom. The molecule has 176 valence electrons. The number of nitriles is 1. The topological polar surface area (TPSA) is 79.6 Å². The fourth-order valence-corrected chi connectivity index (χ4v) is 5.17. The van der Waals surface area contributed by atoms with E-state index in [1.807, 2.05) is 18.2 Å². The van der Waals surface area contributed by atoms with E-state index >= 15 is 0 Å². The zero-order valence-electron chi connectivity index (χ0n) is 18.5. The molecule has 2 amide bonds. The van der Waals surface area contributed by atoms with Crippen molar-refractivity contribution >= 4 is 63.2 Å². The van der Waals surface area contributed by atoms with Crippen LogP contribution in [0, 0.1) is 14.9 Å². The lowest BCUT2D eigenvalue weighted by molar-refractivity contribution is -0.123. The highest BCUT2D eigenvalue weighted by Gasteiger charge is 2.35. The number of hydrogen-bond acceptors (Lipinski definition) is 6. The number of ether oxygens (including phenoxy) is 2. The summed E-state index contributed by atoms with van der Waals surface area (Å²) in [7, 11) is 1.55. The standard InChI is InChI=1S/C26H18ClIN2O4S/c1-33-22-11-17(10-21(28)24(22)34-15-16-6-8-20(27)9-7-16)12-23-25(31)30(26(32)35-23)14-19-5-3-2-4-18(19)13-29/h2-12H,14-15H2,1H3/b23-12+. The van der Waals surface area contributed by atoms with Crippen LogP contribution < -0.4 is 9.47 Å². The molecule has 35 heavy (non-hydrogen) atoms. The minimum atomic E-state index is -0.398. The van der Waals surface area contributed by atoms with Crippen molar-refractivity contribution in [3.05, 3.63) is 96.4 Å². The molecule has 0 N–H and O–H groups in total. The van der Waals surface area contributed by atoms with Crippen molar-refractivity contribution in [2.24, 2.45) is 0 Å². The van der Waals surface area contributed by atoms with Gasteiger partial charge in [-0.2, -0.15) is 5.26 Å². The molecule has 1 aliphatic heterocycles. The average molecular weight is 617 g/mol. The predicted molar refractivity (Wildman–Crippen MR) is 144 cm³/mol. The second-order valence-electron chi connectivity index (χ2n) is 7.49. The maximum Gasteiger partial charge on any atom is 0.293 e. The Morgan fingerprint density at radius 2 is 1.89 bits per heavy atom. The van der Waals surface area contributed by atoms with Gasteiger partial charge in [0.25, 0.3) is 11.1 Å². The van der Waals surface area contributed by atoms with Crippen LogP contribution in [-0.4, -0.2) is 23.2 Å². The fraction of sp³-hybridized carbons (Fsp3) is 0.115. The van der Waals surface area contributed by atoms with Crippen molar-refractivity contribution in [3.8, 4) is 17.6 Å². The monoisotopic (exact) mass is 616 g/mol. The number of benzene rings is 3. The van der Waals surface area contributed by atoms with Gasteiger partial charge in [0.1, 0.15) is 6.61 Å². The number of hydrogen-bond donors (Lipinski definition) is 0. The molecule has 3 aromatic rings. The Hall–Kier alpha value is -3.00. The number of imide groups is 1. The third kappa shape index (κ3) is 5.81. The van der Waals surface area contributed by atoms with Gasteiger partial charge in [-0.1, -0.05) is 41.9 Å². The van der Waals surface area contributed by atoms with Crippen LogP contribution >= 0.6 is 46.0 Å². The minimum Gasteiger partial charge on any atom is -0.493 e. The minimum absolute atomic E-state index is 0.0457. The van der Waals surface area contributed by atoms with Crippen molar-refractivity contribution in [1.82, 2.24) is 4.90 Å². The van der Waals surface area contributed by atoms with E-state index in [4.69, 9.17) is 21.1 Å². The molecule has 0 aromatic heterocycles. The Kier molecular flexibility index (Phi) is 8.00. The molecule has 0 unspecified atom stereocenters. The van der Waals surface area contributed by atoms with Gasteiger partial charge in [0.05, 0.1) is 33.8 Å². The Bertz CT molecular complexity index is 1370. The molecule has 0 saturated carbocycles. The van der Waals surface area contributed by atoms with Crippen molar-refractivity contribution in [2.45, 2.75) is 13.2 Å². The molecule has 6 nitrogen and oxygen atoms in total. The molecule has 1 aliphatic rings. The van der Waals surface area contributed by atoms with E-state index in [0.29, 0.717) is 44.7 Å². The largest absolute Gasteiger partial charge is 0.493 e. The molecule has 4 rings (SSSR count). The SMILES string of the molecule is COc1cc(/C=C2/SC(=O)N(Cc3ccccc3C#N)C2=O)cc(I)c1OCc1ccc(Cl)cc1. The highest BCUT2D eigenvalue weighted by Crippen LogP contribution is 2.38. The zero-order valence-corrected chi connectivity index (χ0v) is 22.2. The van der Waals surface area contributed by atoms with Crippen LogP contribution in [0.2, 0.25) is 5.02 Å². The number of carbonyl (C=O) groups excluding carboxylic acids is 2. The molecule has 0 spiro atoms. The molecule has 0 bridgehead atoms. The van der Waals surface area contributed by atoms with Crippen LogP contribution in [0.3, 0.4) is 0 Å². The fourth-order valence-electron chi connectivity index (χ4n) is 3.42. The first-order chi connectivity index (χ1) is 16.9. The van der Waals surface area contributed by atoms with E-state index in [1.165, 1.54) is 0 Å². The number of nitrogens with zero attached hydrogens (tertiary/aromatic N) is 2. The Balaban J connectivity index is 1.54. The summed E-state index contributed by atoms with van der Waals surface area (Å²) >= 11 is 8.96. The van der Waals surface area contributed by atoms with E-state index in [-0.39, 0.29) is 11.8 Å². The molecule has 1 saturated heterocycles. The quantitative estimate of drug-likeness (QED) is 0.219. The molecule has 0 aliphatic carbocycles. The summed E-state index contributed by atoms with van der Waals surface area (Å²) in [6.45, 7) is 0.385. The van der Waals surface area contributed by atoms with E-state index in [9.17, 15) is 14.9 Å². The molecule has 0 radical (unpaired) electrons. The van der Waals surface area contributed by atoms with Gasteiger partial charge in [-0.3, -0.25) is 14.5 Å². The molecule has 1 heterocycles. The zero-order chi connectivity index (χ0) is 24.9. The van der Waals surface area contributed by atoms with Crippen molar-refractivity contribution in [1.29, 1.82) is 5.26 Å². The number of halogens is 2. The van der Waals surface area contributed by atoms with E-state index in [2.05, 4.69) is 28.7 Å². The van der Waals surface area contributed by atoms with Gasteiger partial charge in [-0.25, -0.2) is 0 Å². The van der Waals surface area contributed by atoms with Crippen molar-refractivity contribution in [3.63, 3.8) is 0 Å². The molecule has 0 atom stereocenters. The van der Waals surface area contributed by atoms with Gasteiger partial charge in [-0.05, 0) is 87.5 Å². The first-order valence-corrected chi connectivity index (χ1v) is 12.6. The molecule has 1 fully saturated rings. The first kappa shape index (κ1) is 25.1. The number of methoxy groups -OCH3 is 1. The summed E-state index contributed by atoms with van der Waals surface area (Å²) in [6.07, 6.45) is 1.66. The average Bonchev–Trinajstić information content (AvgIpc) is 3.11. The predicted octanol–water partition coefficient (Wildman–Crippen LogP) is 6.64. The van der Waals surface area contributed by atoms with Crippen LogP contribution in [-0.2, 0) is 17.9 Å². The number of amides is 2. The van der Waals surface area contributed by atoms with Crippen LogP contribution in [0.25, 0.3) is 6.08 Å². The smallest absolute Gasteiger partial charge is 0.293 e. The van der Waals surface area contributed by atoms with Gasteiger partial charge < -0.3 is 9.47 Å². The Morgan fingerprint density at radius 3 is 2.60 bits per heavy atom. The lowest BCUT2D eigenvalue weighted by atomic mass is 10.1. The van der Waals surface area contributed by atoms with Gasteiger partial charge in [0.15, 0.2) is 11.5 Å². The second-order valence-corrected chi connectivity index (χ2v) is 10.1. The number of carbonyl (C=O) groups is 2. The first-order valence-electron chi connectivity index (χ1n) is 10.4. The molecular formula is C26H18ClIN2O4S. The summed E-state index contributed by atoms with van der Waals surface area (Å²) in [6, 6.07) is 20.0. The molecule has 9 heteroatoms. The highest BCUT2D eigenvalue weighted by atomic mass is 127.